The monoisotopic (exact) mass is 486 g/mol. The van der Waals surface area contributed by atoms with Gasteiger partial charge in [0.25, 0.3) is 0 Å². The van der Waals surface area contributed by atoms with Gasteiger partial charge in [-0.05, 0) is 45.8 Å². The Morgan fingerprint density at radius 3 is 1.66 bits per heavy atom. The van der Waals surface area contributed by atoms with Gasteiger partial charge in [-0.3, -0.25) is 0 Å². The largest absolute Gasteiger partial charge is 0.491 e. The van der Waals surface area contributed by atoms with Crippen LogP contribution in [-0.2, 0) is 0 Å². The maximum Gasteiger partial charge on any atom is 0.204 e. The van der Waals surface area contributed by atoms with E-state index in [1.807, 2.05) is 0 Å². The molecular formula is C27H13F7O. The Morgan fingerprint density at radius 2 is 1.06 bits per heavy atom. The summed E-state index contributed by atoms with van der Waals surface area (Å²) in [5.74, 6) is -10.7. The van der Waals surface area contributed by atoms with Gasteiger partial charge in [0.15, 0.2) is 17.4 Å². The van der Waals surface area contributed by atoms with Crippen LogP contribution in [0.4, 0.5) is 30.7 Å². The minimum absolute atomic E-state index is 0.000331. The molecule has 0 aliphatic carbocycles. The summed E-state index contributed by atoms with van der Waals surface area (Å²) in [5.41, 5.74) is -1.28. The van der Waals surface area contributed by atoms with Crippen molar-refractivity contribution >= 4 is 21.5 Å². The lowest BCUT2D eigenvalue weighted by molar-refractivity contribution is 0.334. The highest BCUT2D eigenvalue weighted by atomic mass is 19.2. The molecule has 0 atom stereocenters. The maximum atomic E-state index is 15.2. The predicted molar refractivity (Wildman–Crippen MR) is 119 cm³/mol. The fourth-order valence-electron chi connectivity index (χ4n) is 4.41. The van der Waals surface area contributed by atoms with Gasteiger partial charge in [-0.2, -0.15) is 8.78 Å². The lowest BCUT2D eigenvalue weighted by Crippen LogP contribution is -2.05. The van der Waals surface area contributed by atoms with Gasteiger partial charge < -0.3 is 4.74 Å². The first kappa shape index (κ1) is 22.7. The highest BCUT2D eigenvalue weighted by Gasteiger charge is 2.30. The van der Waals surface area contributed by atoms with Gasteiger partial charge in [0.2, 0.25) is 11.6 Å². The Balaban J connectivity index is 2.04. The molecule has 0 unspecified atom stereocenters. The first-order valence-corrected chi connectivity index (χ1v) is 10.2. The highest BCUT2D eigenvalue weighted by molar-refractivity contribution is 6.21. The molecule has 0 saturated heterocycles. The van der Waals surface area contributed by atoms with Crippen LogP contribution in [0.15, 0.2) is 60.7 Å². The van der Waals surface area contributed by atoms with E-state index in [4.69, 9.17) is 0 Å². The number of rotatable bonds is 3. The molecule has 0 spiro atoms. The third-order valence-electron chi connectivity index (χ3n) is 5.86. The number of hydrogen-bond donors (Lipinski definition) is 0. The average molecular weight is 486 g/mol. The van der Waals surface area contributed by atoms with Crippen LogP contribution in [0.2, 0.25) is 0 Å². The molecule has 5 aromatic carbocycles. The van der Waals surface area contributed by atoms with Crippen molar-refractivity contribution in [2.24, 2.45) is 0 Å². The second-order valence-electron chi connectivity index (χ2n) is 7.77. The fourth-order valence-corrected chi connectivity index (χ4v) is 4.41. The molecule has 0 radical (unpaired) electrons. The molecule has 0 bridgehead atoms. The Kier molecular flexibility index (Phi) is 5.39. The van der Waals surface area contributed by atoms with Crippen molar-refractivity contribution in [2.75, 3.05) is 7.11 Å². The van der Waals surface area contributed by atoms with Crippen LogP contribution >= 0.6 is 0 Å². The first-order valence-electron chi connectivity index (χ1n) is 10.2. The summed E-state index contributed by atoms with van der Waals surface area (Å²) in [6.45, 7) is 0. The Morgan fingerprint density at radius 1 is 0.514 bits per heavy atom. The van der Waals surface area contributed by atoms with Gasteiger partial charge >= 0.3 is 0 Å². The van der Waals surface area contributed by atoms with Crippen LogP contribution in [0.1, 0.15) is 0 Å². The summed E-state index contributed by atoms with van der Waals surface area (Å²) < 4.78 is 107. The zero-order chi connectivity index (χ0) is 25.0. The zero-order valence-corrected chi connectivity index (χ0v) is 17.8. The van der Waals surface area contributed by atoms with Crippen LogP contribution in [0.25, 0.3) is 43.8 Å². The third-order valence-corrected chi connectivity index (χ3v) is 5.86. The van der Waals surface area contributed by atoms with E-state index in [-0.39, 0.29) is 38.2 Å². The summed E-state index contributed by atoms with van der Waals surface area (Å²) >= 11 is 0. The number of methoxy groups -OCH3 is 1. The summed E-state index contributed by atoms with van der Waals surface area (Å²) in [5, 5.41) is 0.291. The molecule has 0 amide bonds. The van der Waals surface area contributed by atoms with Gasteiger partial charge in [0.05, 0.1) is 12.7 Å². The van der Waals surface area contributed by atoms with Crippen LogP contribution in [0, 0.1) is 40.7 Å². The summed E-state index contributed by atoms with van der Waals surface area (Å²) in [6, 6.07) is 12.0. The molecule has 0 aliphatic rings. The lowest BCUT2D eigenvalue weighted by atomic mass is 9.85. The van der Waals surface area contributed by atoms with Crippen molar-refractivity contribution < 1.29 is 35.5 Å². The van der Waals surface area contributed by atoms with Crippen molar-refractivity contribution in [3.05, 3.63) is 101 Å². The van der Waals surface area contributed by atoms with Gasteiger partial charge in [0.1, 0.15) is 17.5 Å². The molecule has 5 rings (SSSR count). The zero-order valence-electron chi connectivity index (χ0n) is 17.8. The fraction of sp³-hybridized carbons (Fsp3) is 0.0370. The van der Waals surface area contributed by atoms with Crippen molar-refractivity contribution in [2.45, 2.75) is 0 Å². The van der Waals surface area contributed by atoms with Crippen molar-refractivity contribution in [1.82, 2.24) is 0 Å². The van der Waals surface area contributed by atoms with Gasteiger partial charge in [-0.15, -0.1) is 0 Å². The van der Waals surface area contributed by atoms with E-state index < -0.39 is 52.0 Å². The maximum absolute atomic E-state index is 15.2. The Labute approximate surface area is 194 Å². The van der Waals surface area contributed by atoms with Crippen molar-refractivity contribution in [3.63, 3.8) is 0 Å². The average Bonchev–Trinajstić information content (AvgIpc) is 2.83. The minimum atomic E-state index is -1.74. The molecule has 8 heteroatoms. The standard InChI is InChI=1S/C27H13F7O/c1-35-27-25(33)23(31)22(24(32)26(27)34)21-15-5-3-2-4-14(15)20(17-9-7-13(29)11-19(17)30)18-10-12(28)6-8-16(18)21/h2-11H,1H3. The van der Waals surface area contributed by atoms with E-state index in [9.17, 15) is 22.0 Å². The van der Waals surface area contributed by atoms with E-state index in [0.717, 1.165) is 31.4 Å². The second kappa shape index (κ2) is 8.30. The topological polar surface area (TPSA) is 9.23 Å². The van der Waals surface area contributed by atoms with E-state index in [2.05, 4.69) is 4.74 Å². The molecule has 0 aliphatic heterocycles. The normalized spacial score (nSPS) is 11.4. The van der Waals surface area contributed by atoms with Gasteiger partial charge in [-0.25, -0.2) is 22.0 Å². The molecule has 0 fully saturated rings. The molecule has 0 N–H and O–H groups in total. The molecule has 1 nitrogen and oxygen atoms in total. The number of hydrogen-bond acceptors (Lipinski definition) is 1. The van der Waals surface area contributed by atoms with Crippen LogP contribution in [0.3, 0.4) is 0 Å². The first-order chi connectivity index (χ1) is 16.7. The van der Waals surface area contributed by atoms with E-state index in [0.29, 0.717) is 6.07 Å². The van der Waals surface area contributed by atoms with Gasteiger partial charge in [0, 0.05) is 22.8 Å². The van der Waals surface area contributed by atoms with Crippen LogP contribution in [-0.4, -0.2) is 7.11 Å². The van der Waals surface area contributed by atoms with Crippen LogP contribution in [0.5, 0.6) is 5.75 Å². The quantitative estimate of drug-likeness (QED) is 0.142. The molecule has 176 valence electrons. The SMILES string of the molecule is COc1c(F)c(F)c(-c2c3ccccc3c(-c3ccc(F)cc3F)c3cc(F)ccc23)c(F)c1F. The van der Waals surface area contributed by atoms with Gasteiger partial charge in [-0.1, -0.05) is 30.3 Å². The predicted octanol–water partition coefficient (Wildman–Crippen LogP) is 8.31. The molecule has 35 heavy (non-hydrogen) atoms. The Bertz CT molecular complexity index is 1630. The second-order valence-corrected chi connectivity index (χ2v) is 7.77. The molecule has 0 heterocycles. The molecular weight excluding hydrogens is 473 g/mol. The van der Waals surface area contributed by atoms with E-state index in [1.165, 1.54) is 24.3 Å². The molecule has 0 aromatic heterocycles. The Hall–Kier alpha value is -4.07. The number of fused-ring (bicyclic) bond motifs is 2. The minimum Gasteiger partial charge on any atom is -0.491 e. The number of benzene rings is 5. The molecule has 5 aromatic rings. The summed E-state index contributed by atoms with van der Waals surface area (Å²) in [4.78, 5) is 0. The number of ether oxygens (including phenoxy) is 1. The number of halogens is 7. The van der Waals surface area contributed by atoms with Crippen molar-refractivity contribution in [1.29, 1.82) is 0 Å². The molecule has 0 saturated carbocycles. The summed E-state index contributed by atoms with van der Waals surface area (Å²) in [6.07, 6.45) is 0. The smallest absolute Gasteiger partial charge is 0.204 e. The van der Waals surface area contributed by atoms with Crippen molar-refractivity contribution in [3.8, 4) is 28.0 Å². The third kappa shape index (κ3) is 3.39. The highest BCUT2D eigenvalue weighted by Crippen LogP contribution is 2.47. The lowest BCUT2D eigenvalue weighted by Gasteiger charge is -2.19. The summed E-state index contributed by atoms with van der Waals surface area (Å²) in [7, 11) is 0.861. The van der Waals surface area contributed by atoms with E-state index >= 15 is 8.78 Å². The van der Waals surface area contributed by atoms with E-state index in [1.54, 1.807) is 6.07 Å². The van der Waals surface area contributed by atoms with Crippen LogP contribution < -0.4 is 4.74 Å².